The highest BCUT2D eigenvalue weighted by molar-refractivity contribution is 7.16. The summed E-state index contributed by atoms with van der Waals surface area (Å²) in [5.41, 5.74) is 4.20. The number of rotatable bonds is 5. The summed E-state index contributed by atoms with van der Waals surface area (Å²) >= 11 is 7.75. The van der Waals surface area contributed by atoms with Gasteiger partial charge in [-0.05, 0) is 72.2 Å². The number of anilines is 3. The van der Waals surface area contributed by atoms with Crippen LogP contribution in [0.15, 0.2) is 23.7 Å². The van der Waals surface area contributed by atoms with Crippen LogP contribution in [-0.4, -0.2) is 26.5 Å². The molecule has 1 aromatic carbocycles. The minimum Gasteiger partial charge on any atom is -0.354 e. The van der Waals surface area contributed by atoms with Gasteiger partial charge in [-0.3, -0.25) is 0 Å². The zero-order valence-corrected chi connectivity index (χ0v) is 17.5. The molecular formula is C20H23ClN6S. The molecule has 2 N–H and O–H groups in total. The van der Waals surface area contributed by atoms with Crippen molar-refractivity contribution in [2.45, 2.75) is 33.1 Å². The van der Waals surface area contributed by atoms with Gasteiger partial charge in [0.25, 0.3) is 0 Å². The SMILES string of the molecule is CC1(C)C2CC[C@@H](CNc3nc(Cl)nc(Nc4ccc5ncsc5c4)n3)[C@@H]1C2. The molecule has 2 heterocycles. The maximum atomic E-state index is 6.15. The number of hydrogen-bond donors (Lipinski definition) is 2. The third-order valence-electron chi connectivity index (χ3n) is 6.72. The van der Waals surface area contributed by atoms with Crippen LogP contribution in [0.2, 0.25) is 5.28 Å². The van der Waals surface area contributed by atoms with Crippen LogP contribution in [0.25, 0.3) is 10.2 Å². The first-order valence-corrected chi connectivity index (χ1v) is 11.0. The number of nitrogens with one attached hydrogen (secondary N) is 2. The third kappa shape index (κ3) is 3.20. The fraction of sp³-hybridized carbons (Fsp3) is 0.500. The topological polar surface area (TPSA) is 75.6 Å². The first-order chi connectivity index (χ1) is 13.5. The molecule has 28 heavy (non-hydrogen) atoms. The Morgan fingerprint density at radius 3 is 2.86 bits per heavy atom. The summed E-state index contributed by atoms with van der Waals surface area (Å²) in [7, 11) is 0. The molecule has 2 aromatic heterocycles. The predicted octanol–water partition coefficient (Wildman–Crippen LogP) is 5.36. The molecule has 0 saturated heterocycles. The van der Waals surface area contributed by atoms with E-state index in [9.17, 15) is 0 Å². The van der Waals surface area contributed by atoms with E-state index in [0.717, 1.165) is 34.3 Å². The van der Waals surface area contributed by atoms with Gasteiger partial charge in [0.05, 0.1) is 15.7 Å². The fourth-order valence-corrected chi connectivity index (χ4v) is 5.85. The zero-order chi connectivity index (χ0) is 19.3. The van der Waals surface area contributed by atoms with E-state index in [1.807, 2.05) is 23.7 Å². The van der Waals surface area contributed by atoms with E-state index in [0.29, 0.717) is 23.2 Å². The summed E-state index contributed by atoms with van der Waals surface area (Å²) in [5, 5.41) is 6.82. The van der Waals surface area contributed by atoms with E-state index in [2.05, 4.69) is 44.4 Å². The minimum absolute atomic E-state index is 0.187. The largest absolute Gasteiger partial charge is 0.354 e. The Morgan fingerprint density at radius 2 is 2.04 bits per heavy atom. The molecule has 0 amide bonds. The van der Waals surface area contributed by atoms with Gasteiger partial charge in [-0.2, -0.15) is 15.0 Å². The second-order valence-corrected chi connectivity index (χ2v) is 9.71. The van der Waals surface area contributed by atoms with Crippen LogP contribution in [0.1, 0.15) is 33.1 Å². The van der Waals surface area contributed by atoms with Crippen LogP contribution in [-0.2, 0) is 0 Å². The van der Waals surface area contributed by atoms with Gasteiger partial charge in [-0.1, -0.05) is 13.8 Å². The van der Waals surface area contributed by atoms with Crippen LogP contribution in [0.5, 0.6) is 0 Å². The Bertz CT molecular complexity index is 1020. The molecular weight excluding hydrogens is 392 g/mol. The molecule has 6 rings (SSSR count). The molecule has 0 spiro atoms. The van der Waals surface area contributed by atoms with Gasteiger partial charge >= 0.3 is 0 Å². The van der Waals surface area contributed by atoms with Crippen molar-refractivity contribution in [3.63, 3.8) is 0 Å². The van der Waals surface area contributed by atoms with E-state index in [1.54, 1.807) is 11.3 Å². The number of benzene rings is 1. The van der Waals surface area contributed by atoms with Crippen molar-refractivity contribution in [3.05, 3.63) is 29.0 Å². The second-order valence-electron chi connectivity index (χ2n) is 8.49. The second kappa shape index (κ2) is 6.81. The molecule has 1 unspecified atom stereocenters. The van der Waals surface area contributed by atoms with Gasteiger partial charge in [-0.25, -0.2) is 4.98 Å². The normalized spacial score (nSPS) is 25.3. The van der Waals surface area contributed by atoms with Crippen molar-refractivity contribution in [2.24, 2.45) is 23.2 Å². The number of halogens is 1. The summed E-state index contributed by atoms with van der Waals surface area (Å²) in [6, 6.07) is 5.98. The minimum atomic E-state index is 0.187. The zero-order valence-electron chi connectivity index (χ0n) is 15.9. The molecule has 0 radical (unpaired) electrons. The van der Waals surface area contributed by atoms with Crippen molar-refractivity contribution in [1.82, 2.24) is 19.9 Å². The molecule has 146 valence electrons. The lowest BCUT2D eigenvalue weighted by molar-refractivity contribution is -0.100. The van der Waals surface area contributed by atoms with Crippen LogP contribution >= 0.6 is 22.9 Å². The summed E-state index contributed by atoms with van der Waals surface area (Å²) < 4.78 is 1.11. The first kappa shape index (κ1) is 18.1. The lowest BCUT2D eigenvalue weighted by Crippen LogP contribution is -2.53. The molecule has 3 fully saturated rings. The number of fused-ring (bicyclic) bond motifs is 3. The Morgan fingerprint density at radius 1 is 1.18 bits per heavy atom. The van der Waals surface area contributed by atoms with Gasteiger partial charge in [0.1, 0.15) is 0 Å². The number of aromatic nitrogens is 4. The highest BCUT2D eigenvalue weighted by atomic mass is 35.5. The average Bonchev–Trinajstić information content (AvgIpc) is 3.14. The van der Waals surface area contributed by atoms with Crippen LogP contribution in [0.4, 0.5) is 17.6 Å². The van der Waals surface area contributed by atoms with Crippen molar-refractivity contribution in [2.75, 3.05) is 17.2 Å². The lowest BCUT2D eigenvalue weighted by atomic mass is 9.45. The predicted molar refractivity (Wildman–Crippen MR) is 114 cm³/mol. The van der Waals surface area contributed by atoms with Crippen molar-refractivity contribution >= 4 is 50.7 Å². The van der Waals surface area contributed by atoms with E-state index in [-0.39, 0.29) is 5.28 Å². The molecule has 6 nitrogen and oxygen atoms in total. The molecule has 3 aliphatic rings. The molecule has 2 bridgehead atoms. The van der Waals surface area contributed by atoms with E-state index in [4.69, 9.17) is 11.6 Å². The number of thiazole rings is 1. The maximum absolute atomic E-state index is 6.15. The van der Waals surface area contributed by atoms with Crippen LogP contribution in [0.3, 0.4) is 0 Å². The van der Waals surface area contributed by atoms with E-state index < -0.39 is 0 Å². The smallest absolute Gasteiger partial charge is 0.233 e. The molecule has 3 saturated carbocycles. The van der Waals surface area contributed by atoms with Gasteiger partial charge in [0.15, 0.2) is 0 Å². The average molecular weight is 415 g/mol. The van der Waals surface area contributed by atoms with Crippen molar-refractivity contribution in [3.8, 4) is 0 Å². The number of nitrogens with zero attached hydrogens (tertiary/aromatic N) is 4. The van der Waals surface area contributed by atoms with E-state index in [1.165, 1.54) is 19.3 Å². The molecule has 3 aliphatic carbocycles. The number of hydrogen-bond acceptors (Lipinski definition) is 7. The standard InChI is InChI=1S/C20H23ClN6S/c1-20(2)12-4-3-11(14(20)7-12)9-22-18-25-17(21)26-19(27-18)24-13-5-6-15-16(8-13)28-10-23-15/h5-6,8,10-12,14H,3-4,7,9H2,1-2H3,(H2,22,24,25,26,27)/t11-,12?,14-/m0/s1. The molecule has 0 aliphatic heterocycles. The first-order valence-electron chi connectivity index (χ1n) is 9.75. The highest BCUT2D eigenvalue weighted by Gasteiger charge is 2.53. The van der Waals surface area contributed by atoms with E-state index >= 15 is 0 Å². The Hall–Kier alpha value is -1.99. The Balaban J connectivity index is 1.29. The fourth-order valence-electron chi connectivity index (χ4n) is 4.98. The van der Waals surface area contributed by atoms with Gasteiger partial charge in [0, 0.05) is 12.2 Å². The summed E-state index contributed by atoms with van der Waals surface area (Å²) in [6.07, 6.45) is 3.98. The summed E-state index contributed by atoms with van der Waals surface area (Å²) in [6.45, 7) is 5.72. The van der Waals surface area contributed by atoms with Crippen molar-refractivity contribution < 1.29 is 0 Å². The molecule has 8 heteroatoms. The van der Waals surface area contributed by atoms with Crippen LogP contribution < -0.4 is 10.6 Å². The van der Waals surface area contributed by atoms with Gasteiger partial charge in [-0.15, -0.1) is 11.3 Å². The van der Waals surface area contributed by atoms with Gasteiger partial charge < -0.3 is 10.6 Å². The molecule has 3 atom stereocenters. The van der Waals surface area contributed by atoms with Crippen LogP contribution in [0, 0.1) is 23.2 Å². The summed E-state index contributed by atoms with van der Waals surface area (Å²) in [4.78, 5) is 17.3. The monoisotopic (exact) mass is 414 g/mol. The molecule has 3 aromatic rings. The third-order valence-corrected chi connectivity index (χ3v) is 7.68. The van der Waals surface area contributed by atoms with Gasteiger partial charge in [0.2, 0.25) is 17.2 Å². The Kier molecular flexibility index (Phi) is 4.39. The highest BCUT2D eigenvalue weighted by Crippen LogP contribution is 2.61. The quantitative estimate of drug-likeness (QED) is 0.585. The maximum Gasteiger partial charge on any atom is 0.233 e. The lowest BCUT2D eigenvalue weighted by Gasteiger charge is -2.60. The Labute approximate surface area is 173 Å². The van der Waals surface area contributed by atoms with Crippen molar-refractivity contribution in [1.29, 1.82) is 0 Å². The summed E-state index contributed by atoms with van der Waals surface area (Å²) in [5.74, 6) is 3.34.